The predicted octanol–water partition coefficient (Wildman–Crippen LogP) is 11.9. The summed E-state index contributed by atoms with van der Waals surface area (Å²) in [6.07, 6.45) is 0. The third-order valence-electron chi connectivity index (χ3n) is 9.50. The van der Waals surface area contributed by atoms with Crippen molar-refractivity contribution in [2.24, 2.45) is 0 Å². The zero-order chi connectivity index (χ0) is 32.3. The summed E-state index contributed by atoms with van der Waals surface area (Å²) in [7, 11) is 0. The highest BCUT2D eigenvalue weighted by Crippen LogP contribution is 2.39. The first-order valence-electron chi connectivity index (χ1n) is 16.4. The molecule has 10 rings (SSSR count). The maximum Gasteiger partial charge on any atom is 0.164 e. The molecule has 0 unspecified atom stereocenters. The number of furan rings is 1. The van der Waals surface area contributed by atoms with Crippen molar-refractivity contribution in [1.29, 1.82) is 0 Å². The minimum absolute atomic E-state index is 0.603. The van der Waals surface area contributed by atoms with Crippen molar-refractivity contribution < 1.29 is 4.42 Å². The van der Waals surface area contributed by atoms with Crippen molar-refractivity contribution in [3.63, 3.8) is 0 Å². The summed E-state index contributed by atoms with van der Waals surface area (Å²) in [5.41, 5.74) is 6.74. The molecule has 0 N–H and O–H groups in total. The first kappa shape index (κ1) is 27.5. The van der Waals surface area contributed by atoms with Gasteiger partial charge in [-0.3, -0.25) is 0 Å². The van der Waals surface area contributed by atoms with Crippen LogP contribution in [0.15, 0.2) is 168 Å². The summed E-state index contributed by atoms with van der Waals surface area (Å²) in [4.78, 5) is 15.7. The Morgan fingerprint density at radius 3 is 1.88 bits per heavy atom. The third kappa shape index (κ3) is 4.57. The van der Waals surface area contributed by atoms with Gasteiger partial charge in [0.05, 0.1) is 0 Å². The van der Waals surface area contributed by atoms with Gasteiger partial charge in [-0.2, -0.15) is 0 Å². The number of aromatic nitrogens is 3. The summed E-state index contributed by atoms with van der Waals surface area (Å²) in [5.74, 6) is 1.85. The minimum Gasteiger partial charge on any atom is -0.456 e. The van der Waals surface area contributed by atoms with Crippen LogP contribution in [0.4, 0.5) is 0 Å². The normalized spacial score (nSPS) is 11.7. The Labute approximate surface area is 282 Å². The van der Waals surface area contributed by atoms with Crippen LogP contribution in [0.2, 0.25) is 0 Å². The molecule has 8 aromatic carbocycles. The topological polar surface area (TPSA) is 51.8 Å². The second-order valence-electron chi connectivity index (χ2n) is 12.4. The van der Waals surface area contributed by atoms with Crippen molar-refractivity contribution >= 4 is 54.3 Å². The Morgan fingerprint density at radius 1 is 0.327 bits per heavy atom. The quantitative estimate of drug-likeness (QED) is 0.183. The summed E-state index contributed by atoms with van der Waals surface area (Å²) in [6, 6.07) is 57.0. The molecule has 0 fully saturated rings. The van der Waals surface area contributed by atoms with Gasteiger partial charge in [0, 0.05) is 27.5 Å². The second kappa shape index (κ2) is 11.0. The lowest BCUT2D eigenvalue weighted by molar-refractivity contribution is 0.669. The van der Waals surface area contributed by atoms with E-state index < -0.39 is 0 Å². The van der Waals surface area contributed by atoms with Gasteiger partial charge in [-0.25, -0.2) is 15.0 Å². The van der Waals surface area contributed by atoms with Gasteiger partial charge < -0.3 is 4.42 Å². The van der Waals surface area contributed by atoms with Crippen molar-refractivity contribution in [2.75, 3.05) is 0 Å². The lowest BCUT2D eigenvalue weighted by atomic mass is 9.93. The summed E-state index contributed by atoms with van der Waals surface area (Å²) < 4.78 is 6.28. The molecule has 0 spiro atoms. The zero-order valence-electron chi connectivity index (χ0n) is 26.3. The molecule has 228 valence electrons. The Bertz CT molecular complexity index is 2890. The molecule has 0 radical (unpaired) electrons. The van der Waals surface area contributed by atoms with Gasteiger partial charge in [-0.15, -0.1) is 0 Å². The number of benzene rings is 8. The highest BCUT2D eigenvalue weighted by Gasteiger charge is 2.20. The molecule has 0 aliphatic carbocycles. The average molecular weight is 626 g/mol. The van der Waals surface area contributed by atoms with Crippen molar-refractivity contribution in [3.05, 3.63) is 164 Å². The molecule has 0 amide bonds. The Balaban J connectivity index is 1.29. The average Bonchev–Trinajstić information content (AvgIpc) is 3.56. The van der Waals surface area contributed by atoms with E-state index in [4.69, 9.17) is 19.4 Å². The van der Waals surface area contributed by atoms with E-state index in [9.17, 15) is 0 Å². The monoisotopic (exact) mass is 625 g/mol. The molecular formula is C45H27N3O. The maximum absolute atomic E-state index is 6.28. The smallest absolute Gasteiger partial charge is 0.164 e. The molecule has 0 bridgehead atoms. The van der Waals surface area contributed by atoms with Crippen molar-refractivity contribution in [3.8, 4) is 45.3 Å². The van der Waals surface area contributed by atoms with Crippen molar-refractivity contribution in [1.82, 2.24) is 15.0 Å². The number of para-hydroxylation sites is 1. The Hall–Kier alpha value is -6.65. The third-order valence-corrected chi connectivity index (χ3v) is 9.50. The van der Waals surface area contributed by atoms with Crippen LogP contribution >= 0.6 is 0 Å². The SMILES string of the molecule is c1ccc(-c2ccc3c(c2)c(-c2nc(-c4ccc5ccccc5c4)nc(-c4cccc5oc6ccccc6c45)n2)cc2ccccc23)cc1. The second-order valence-corrected chi connectivity index (χ2v) is 12.4. The van der Waals surface area contributed by atoms with E-state index in [2.05, 4.69) is 127 Å². The molecule has 0 aliphatic heterocycles. The first-order chi connectivity index (χ1) is 24.3. The van der Waals surface area contributed by atoms with Gasteiger partial charge in [-0.1, -0.05) is 133 Å². The molecule has 0 atom stereocenters. The van der Waals surface area contributed by atoms with Gasteiger partial charge in [-0.05, 0) is 73.8 Å². The predicted molar refractivity (Wildman–Crippen MR) is 201 cm³/mol. The van der Waals surface area contributed by atoms with Crippen LogP contribution in [0.3, 0.4) is 0 Å². The van der Waals surface area contributed by atoms with Crippen LogP contribution in [0, 0.1) is 0 Å². The van der Waals surface area contributed by atoms with Crippen LogP contribution in [0.5, 0.6) is 0 Å². The molecule has 10 aromatic rings. The highest BCUT2D eigenvalue weighted by atomic mass is 16.3. The standard InChI is InChI=1S/C45H27N3O/c1-2-11-28(12-3-1)31-23-24-35-34-16-7-6-15-32(34)27-39(38(35)26-31)45-47-43(33-22-21-29-13-4-5-14-30(29)25-33)46-44(48-45)37-18-10-20-41-42(37)36-17-8-9-19-40(36)49-41/h1-27H. The molecule has 49 heavy (non-hydrogen) atoms. The van der Waals surface area contributed by atoms with Gasteiger partial charge in [0.2, 0.25) is 0 Å². The van der Waals surface area contributed by atoms with E-state index in [1.54, 1.807) is 0 Å². The zero-order valence-corrected chi connectivity index (χ0v) is 26.3. The highest BCUT2D eigenvalue weighted by molar-refractivity contribution is 6.15. The van der Waals surface area contributed by atoms with Crippen LogP contribution in [-0.2, 0) is 0 Å². The van der Waals surface area contributed by atoms with E-state index in [1.165, 1.54) is 10.8 Å². The molecule has 0 saturated carbocycles. The molecule has 4 nitrogen and oxygen atoms in total. The van der Waals surface area contributed by atoms with E-state index >= 15 is 0 Å². The van der Waals surface area contributed by atoms with Gasteiger partial charge in [0.1, 0.15) is 11.2 Å². The summed E-state index contributed by atoms with van der Waals surface area (Å²) in [6.45, 7) is 0. The molecule has 2 aromatic heterocycles. The fourth-order valence-corrected chi connectivity index (χ4v) is 7.13. The minimum atomic E-state index is 0.603. The molecule has 0 aliphatic rings. The van der Waals surface area contributed by atoms with E-state index in [1.807, 2.05) is 36.4 Å². The molecule has 2 heterocycles. The Kier molecular flexibility index (Phi) is 6.15. The fraction of sp³-hybridized carbons (Fsp3) is 0. The fourth-order valence-electron chi connectivity index (χ4n) is 7.13. The van der Waals surface area contributed by atoms with Gasteiger partial charge >= 0.3 is 0 Å². The first-order valence-corrected chi connectivity index (χ1v) is 16.4. The molecule has 4 heteroatoms. The summed E-state index contributed by atoms with van der Waals surface area (Å²) in [5, 5.41) is 8.91. The van der Waals surface area contributed by atoms with Crippen LogP contribution in [0.25, 0.3) is 99.5 Å². The number of fused-ring (bicyclic) bond motifs is 7. The largest absolute Gasteiger partial charge is 0.456 e. The summed E-state index contributed by atoms with van der Waals surface area (Å²) >= 11 is 0. The molecular weight excluding hydrogens is 599 g/mol. The number of hydrogen-bond acceptors (Lipinski definition) is 4. The van der Waals surface area contributed by atoms with Gasteiger partial charge in [0.15, 0.2) is 17.5 Å². The number of nitrogens with zero attached hydrogens (tertiary/aromatic N) is 3. The van der Waals surface area contributed by atoms with E-state index in [0.717, 1.165) is 71.3 Å². The Morgan fingerprint density at radius 2 is 1.00 bits per heavy atom. The molecule has 0 saturated heterocycles. The van der Waals surface area contributed by atoms with Crippen molar-refractivity contribution in [2.45, 2.75) is 0 Å². The maximum atomic E-state index is 6.28. The lowest BCUT2D eigenvalue weighted by Gasteiger charge is -2.14. The van der Waals surface area contributed by atoms with Gasteiger partial charge in [0.25, 0.3) is 0 Å². The number of rotatable bonds is 4. The van der Waals surface area contributed by atoms with Crippen LogP contribution in [0.1, 0.15) is 0 Å². The van der Waals surface area contributed by atoms with Crippen LogP contribution in [-0.4, -0.2) is 15.0 Å². The number of hydrogen-bond donors (Lipinski definition) is 0. The lowest BCUT2D eigenvalue weighted by Crippen LogP contribution is -2.01. The van der Waals surface area contributed by atoms with E-state index in [-0.39, 0.29) is 0 Å². The van der Waals surface area contributed by atoms with E-state index in [0.29, 0.717) is 17.5 Å². The van der Waals surface area contributed by atoms with Crippen LogP contribution < -0.4 is 0 Å².